The van der Waals surface area contributed by atoms with Crippen LogP contribution in [-0.4, -0.2) is 0 Å². The number of allylic oxidation sites excluding steroid dienone is 3. The van der Waals surface area contributed by atoms with Crippen molar-refractivity contribution in [2.24, 2.45) is 0 Å². The summed E-state index contributed by atoms with van der Waals surface area (Å²) in [5.41, 5.74) is 19.9. The van der Waals surface area contributed by atoms with Gasteiger partial charge in [-0.1, -0.05) is 196 Å². The molecule has 278 valence electrons. The lowest BCUT2D eigenvalue weighted by Crippen LogP contribution is -2.17. The zero-order valence-electron chi connectivity index (χ0n) is 33.0. The average molecular weight is 744 g/mol. The van der Waals surface area contributed by atoms with Crippen LogP contribution in [0.3, 0.4) is 0 Å². The van der Waals surface area contributed by atoms with Gasteiger partial charge >= 0.3 is 0 Å². The SMILES string of the molecule is CC1(C)c2ccccc2-c2ccc(-c3ccccc3-c3ccc(N(C4=CCC(c5ccccc5)C=C4)c4ccc(-c5ccccc5)cc4)cc3-c3ccccc3)cc21. The van der Waals surface area contributed by atoms with Gasteiger partial charge in [0.1, 0.15) is 0 Å². The van der Waals surface area contributed by atoms with Gasteiger partial charge in [-0.05, 0) is 115 Å². The van der Waals surface area contributed by atoms with Gasteiger partial charge < -0.3 is 4.90 Å². The van der Waals surface area contributed by atoms with E-state index in [0.29, 0.717) is 5.92 Å². The molecule has 2 aliphatic carbocycles. The number of nitrogens with zero attached hydrogens (tertiary/aromatic N) is 1. The number of rotatable bonds is 8. The molecular weight excluding hydrogens is 699 g/mol. The molecule has 0 saturated carbocycles. The van der Waals surface area contributed by atoms with Gasteiger partial charge in [0, 0.05) is 28.4 Å². The zero-order chi connectivity index (χ0) is 39.1. The molecular formula is C57H45N. The molecule has 0 spiro atoms. The first-order valence-corrected chi connectivity index (χ1v) is 20.5. The van der Waals surface area contributed by atoms with E-state index in [0.717, 1.165) is 17.8 Å². The molecule has 0 saturated heterocycles. The fourth-order valence-corrected chi connectivity index (χ4v) is 9.21. The minimum Gasteiger partial charge on any atom is -0.311 e. The van der Waals surface area contributed by atoms with Gasteiger partial charge in [0.2, 0.25) is 0 Å². The molecule has 58 heavy (non-hydrogen) atoms. The Kier molecular flexibility index (Phi) is 9.07. The van der Waals surface area contributed by atoms with E-state index in [-0.39, 0.29) is 5.41 Å². The van der Waals surface area contributed by atoms with E-state index in [1.807, 2.05) is 0 Å². The van der Waals surface area contributed by atoms with Gasteiger partial charge in [-0.25, -0.2) is 0 Å². The Morgan fingerprint density at radius 2 is 0.948 bits per heavy atom. The van der Waals surface area contributed by atoms with Gasteiger partial charge in [-0.2, -0.15) is 0 Å². The van der Waals surface area contributed by atoms with Crippen LogP contribution in [0.15, 0.2) is 224 Å². The molecule has 0 radical (unpaired) electrons. The molecule has 1 atom stereocenters. The first-order chi connectivity index (χ1) is 28.5. The predicted octanol–water partition coefficient (Wildman–Crippen LogP) is 15.4. The molecule has 0 heterocycles. The number of fused-ring (bicyclic) bond motifs is 3. The normalized spacial score (nSPS) is 15.0. The van der Waals surface area contributed by atoms with Crippen LogP contribution >= 0.6 is 0 Å². The lowest BCUT2D eigenvalue weighted by Gasteiger charge is -2.30. The van der Waals surface area contributed by atoms with Crippen LogP contribution < -0.4 is 4.90 Å². The zero-order valence-corrected chi connectivity index (χ0v) is 33.0. The smallest absolute Gasteiger partial charge is 0.0468 e. The summed E-state index contributed by atoms with van der Waals surface area (Å²) >= 11 is 0. The van der Waals surface area contributed by atoms with Crippen molar-refractivity contribution in [1.29, 1.82) is 0 Å². The Bertz CT molecular complexity index is 2810. The summed E-state index contributed by atoms with van der Waals surface area (Å²) in [6, 6.07) is 73.3. The highest BCUT2D eigenvalue weighted by molar-refractivity contribution is 5.95. The van der Waals surface area contributed by atoms with Crippen LogP contribution in [0.5, 0.6) is 0 Å². The predicted molar refractivity (Wildman–Crippen MR) is 245 cm³/mol. The quantitative estimate of drug-likeness (QED) is 0.150. The molecule has 0 bridgehead atoms. The Morgan fingerprint density at radius 3 is 1.66 bits per heavy atom. The molecule has 1 unspecified atom stereocenters. The molecule has 0 aromatic heterocycles. The Morgan fingerprint density at radius 1 is 0.414 bits per heavy atom. The van der Waals surface area contributed by atoms with E-state index in [4.69, 9.17) is 0 Å². The van der Waals surface area contributed by atoms with Crippen LogP contribution in [0.25, 0.3) is 55.6 Å². The van der Waals surface area contributed by atoms with E-state index in [1.165, 1.54) is 78.0 Å². The third-order valence-corrected chi connectivity index (χ3v) is 12.3. The largest absolute Gasteiger partial charge is 0.311 e. The molecule has 8 aromatic carbocycles. The average Bonchev–Trinajstić information content (AvgIpc) is 3.53. The second-order valence-electron chi connectivity index (χ2n) is 16.1. The summed E-state index contributed by atoms with van der Waals surface area (Å²) in [5, 5.41) is 0. The highest BCUT2D eigenvalue weighted by atomic mass is 15.1. The fourth-order valence-electron chi connectivity index (χ4n) is 9.21. The van der Waals surface area contributed by atoms with Crippen molar-refractivity contribution in [2.45, 2.75) is 31.6 Å². The van der Waals surface area contributed by atoms with Crippen LogP contribution in [0, 0.1) is 0 Å². The molecule has 0 aliphatic heterocycles. The molecule has 1 heteroatoms. The minimum atomic E-state index is -0.0696. The Hall–Kier alpha value is -6.96. The van der Waals surface area contributed by atoms with Crippen molar-refractivity contribution < 1.29 is 0 Å². The molecule has 10 rings (SSSR count). The highest BCUT2D eigenvalue weighted by Crippen LogP contribution is 2.50. The standard InChI is InChI=1S/C57H45N/c1-57(2)55-25-15-14-24-52(55)53-36-30-45(38-56(53)57)49-22-12-13-23-50(49)51-37-35-48(39-54(51)44-20-10-5-11-21-44)58(46-31-26-42(27-32-46)40-16-6-3-7-17-40)47-33-28-43(29-34-47)41-18-8-4-9-19-41/h3-28,30-39,43H,29H2,1-2H3. The molecule has 1 nitrogen and oxygen atoms in total. The van der Waals surface area contributed by atoms with Crippen LogP contribution in [0.2, 0.25) is 0 Å². The molecule has 0 fully saturated rings. The number of anilines is 2. The summed E-state index contributed by atoms with van der Waals surface area (Å²) in [4.78, 5) is 2.43. The van der Waals surface area contributed by atoms with Crippen molar-refractivity contribution in [2.75, 3.05) is 4.90 Å². The lowest BCUT2D eigenvalue weighted by atomic mass is 9.81. The van der Waals surface area contributed by atoms with Crippen molar-refractivity contribution >= 4 is 11.4 Å². The number of hydrogen-bond donors (Lipinski definition) is 0. The van der Waals surface area contributed by atoms with Crippen molar-refractivity contribution in [3.8, 4) is 55.6 Å². The fraction of sp³-hybridized carbons (Fsp3) is 0.0877. The molecule has 8 aromatic rings. The van der Waals surface area contributed by atoms with E-state index >= 15 is 0 Å². The van der Waals surface area contributed by atoms with E-state index < -0.39 is 0 Å². The topological polar surface area (TPSA) is 3.24 Å². The molecule has 0 amide bonds. The summed E-state index contributed by atoms with van der Waals surface area (Å²) in [7, 11) is 0. The van der Waals surface area contributed by atoms with Crippen LogP contribution in [0.4, 0.5) is 11.4 Å². The number of hydrogen-bond acceptors (Lipinski definition) is 1. The van der Waals surface area contributed by atoms with Gasteiger partial charge in [0.25, 0.3) is 0 Å². The lowest BCUT2D eigenvalue weighted by molar-refractivity contribution is 0.660. The third kappa shape index (κ3) is 6.39. The van der Waals surface area contributed by atoms with E-state index in [9.17, 15) is 0 Å². The van der Waals surface area contributed by atoms with Gasteiger partial charge in [-0.15, -0.1) is 0 Å². The van der Waals surface area contributed by atoms with Crippen molar-refractivity contribution in [3.05, 3.63) is 241 Å². The first-order valence-electron chi connectivity index (χ1n) is 20.5. The van der Waals surface area contributed by atoms with Crippen molar-refractivity contribution in [1.82, 2.24) is 0 Å². The van der Waals surface area contributed by atoms with Gasteiger partial charge in [-0.3, -0.25) is 0 Å². The van der Waals surface area contributed by atoms with Crippen LogP contribution in [-0.2, 0) is 5.41 Å². The Labute approximate surface area is 342 Å². The first kappa shape index (κ1) is 35.5. The monoisotopic (exact) mass is 743 g/mol. The van der Waals surface area contributed by atoms with Crippen molar-refractivity contribution in [3.63, 3.8) is 0 Å². The minimum absolute atomic E-state index is 0.0696. The maximum absolute atomic E-state index is 2.44. The number of benzene rings is 8. The van der Waals surface area contributed by atoms with E-state index in [1.54, 1.807) is 0 Å². The van der Waals surface area contributed by atoms with E-state index in [2.05, 4.69) is 237 Å². The maximum Gasteiger partial charge on any atom is 0.0468 e. The summed E-state index contributed by atoms with van der Waals surface area (Å²) in [6.07, 6.45) is 8.02. The highest BCUT2D eigenvalue weighted by Gasteiger charge is 2.35. The second-order valence-corrected chi connectivity index (χ2v) is 16.1. The Balaban J connectivity index is 1.09. The van der Waals surface area contributed by atoms with Crippen LogP contribution in [0.1, 0.15) is 42.9 Å². The third-order valence-electron chi connectivity index (χ3n) is 12.3. The van der Waals surface area contributed by atoms with Gasteiger partial charge in [0.15, 0.2) is 0 Å². The second kappa shape index (κ2) is 14.8. The maximum atomic E-state index is 2.44. The molecule has 0 N–H and O–H groups in total. The van der Waals surface area contributed by atoms with Gasteiger partial charge in [0.05, 0.1) is 0 Å². The summed E-state index contributed by atoms with van der Waals surface area (Å²) in [5.74, 6) is 0.352. The summed E-state index contributed by atoms with van der Waals surface area (Å²) in [6.45, 7) is 4.72. The molecule has 2 aliphatic rings. The summed E-state index contributed by atoms with van der Waals surface area (Å²) < 4.78 is 0.